The number of carbonyl (C=O) groups is 1. The van der Waals surface area contributed by atoms with Gasteiger partial charge in [0.2, 0.25) is 5.91 Å². The molecule has 0 aromatic heterocycles. The summed E-state index contributed by atoms with van der Waals surface area (Å²) in [6.45, 7) is 2.17. The van der Waals surface area contributed by atoms with E-state index in [2.05, 4.69) is 22.8 Å². The fourth-order valence-corrected chi connectivity index (χ4v) is 3.23. The third-order valence-electron chi connectivity index (χ3n) is 4.52. The Morgan fingerprint density at radius 1 is 1.12 bits per heavy atom. The van der Waals surface area contributed by atoms with E-state index < -0.39 is 0 Å². The number of hydrogen-bond donors (Lipinski definition) is 2. The second-order valence-corrected chi connectivity index (χ2v) is 6.78. The molecule has 4 heteroatoms. The van der Waals surface area contributed by atoms with Crippen molar-refractivity contribution in [2.75, 3.05) is 18.4 Å². The minimum atomic E-state index is 0.0389. The second-order valence-electron chi connectivity index (χ2n) is 6.34. The van der Waals surface area contributed by atoms with Crippen molar-refractivity contribution in [3.8, 4) is 0 Å². The van der Waals surface area contributed by atoms with Crippen molar-refractivity contribution in [3.05, 3.63) is 64.7 Å². The molecule has 1 aliphatic rings. The number of rotatable bonds is 5. The van der Waals surface area contributed by atoms with Crippen LogP contribution in [0.5, 0.6) is 0 Å². The number of aryl methyl sites for hydroxylation is 1. The lowest BCUT2D eigenvalue weighted by Gasteiger charge is -2.23. The van der Waals surface area contributed by atoms with Crippen LogP contribution in [-0.2, 0) is 11.2 Å². The Bertz CT molecular complexity index is 661. The Balaban J connectivity index is 1.49. The fourth-order valence-electron chi connectivity index (χ4n) is 3.11. The first kappa shape index (κ1) is 17.0. The number of amides is 1. The molecule has 0 unspecified atom stereocenters. The molecular weight excluding hydrogens is 320 g/mol. The van der Waals surface area contributed by atoms with Gasteiger partial charge in [0.1, 0.15) is 0 Å². The average molecular weight is 343 g/mol. The SMILES string of the molecule is O=C(CCc1ccc(Cl)cc1)Nc1ccc([C@H]2CCCNC2)cc1. The van der Waals surface area contributed by atoms with Gasteiger partial charge in [0, 0.05) is 23.7 Å². The van der Waals surface area contributed by atoms with Gasteiger partial charge in [-0.3, -0.25) is 4.79 Å². The van der Waals surface area contributed by atoms with Crippen LogP contribution in [0.3, 0.4) is 0 Å². The Kier molecular flexibility index (Phi) is 5.89. The molecule has 0 spiro atoms. The van der Waals surface area contributed by atoms with E-state index in [9.17, 15) is 4.79 Å². The van der Waals surface area contributed by atoms with E-state index in [1.807, 2.05) is 36.4 Å². The van der Waals surface area contributed by atoms with Crippen molar-refractivity contribution in [2.45, 2.75) is 31.6 Å². The van der Waals surface area contributed by atoms with Crippen LogP contribution in [-0.4, -0.2) is 19.0 Å². The molecule has 3 rings (SSSR count). The van der Waals surface area contributed by atoms with Crippen LogP contribution in [0.15, 0.2) is 48.5 Å². The summed E-state index contributed by atoms with van der Waals surface area (Å²) < 4.78 is 0. The number of anilines is 1. The number of benzene rings is 2. The molecule has 0 radical (unpaired) electrons. The lowest BCUT2D eigenvalue weighted by Crippen LogP contribution is -2.28. The highest BCUT2D eigenvalue weighted by atomic mass is 35.5. The van der Waals surface area contributed by atoms with E-state index in [1.165, 1.54) is 18.4 Å². The van der Waals surface area contributed by atoms with Crippen molar-refractivity contribution >= 4 is 23.2 Å². The summed E-state index contributed by atoms with van der Waals surface area (Å²) in [5.41, 5.74) is 3.33. The van der Waals surface area contributed by atoms with Crippen LogP contribution in [0, 0.1) is 0 Å². The van der Waals surface area contributed by atoms with Gasteiger partial charge in [0.05, 0.1) is 0 Å². The standard InChI is InChI=1S/C20H23ClN2O/c21-18-8-3-15(4-9-18)5-12-20(24)23-19-10-6-16(7-11-19)17-2-1-13-22-14-17/h3-4,6-11,17,22H,1-2,5,12-14H2,(H,23,24)/t17-/m0/s1. The first-order valence-electron chi connectivity index (χ1n) is 8.56. The van der Waals surface area contributed by atoms with Crippen LogP contribution in [0.25, 0.3) is 0 Å². The van der Waals surface area contributed by atoms with Gasteiger partial charge < -0.3 is 10.6 Å². The molecule has 1 heterocycles. The molecule has 1 fully saturated rings. The maximum Gasteiger partial charge on any atom is 0.224 e. The first-order valence-corrected chi connectivity index (χ1v) is 8.93. The predicted molar refractivity (Wildman–Crippen MR) is 99.7 cm³/mol. The normalized spacial score (nSPS) is 17.5. The molecule has 3 nitrogen and oxygen atoms in total. The molecule has 0 bridgehead atoms. The molecule has 1 aliphatic heterocycles. The van der Waals surface area contributed by atoms with Crippen LogP contribution in [0.2, 0.25) is 5.02 Å². The van der Waals surface area contributed by atoms with E-state index in [-0.39, 0.29) is 5.91 Å². The molecule has 24 heavy (non-hydrogen) atoms. The van der Waals surface area contributed by atoms with Gasteiger partial charge in [-0.25, -0.2) is 0 Å². The predicted octanol–water partition coefficient (Wildman–Crippen LogP) is 4.38. The Hall–Kier alpha value is -1.84. The minimum absolute atomic E-state index is 0.0389. The Labute approximate surface area is 148 Å². The van der Waals surface area contributed by atoms with Gasteiger partial charge in [-0.05, 0) is 67.1 Å². The number of carbonyl (C=O) groups excluding carboxylic acids is 1. The number of nitrogens with one attached hydrogen (secondary N) is 2. The van der Waals surface area contributed by atoms with Gasteiger partial charge in [-0.1, -0.05) is 35.9 Å². The van der Waals surface area contributed by atoms with Gasteiger partial charge in [0.25, 0.3) is 0 Å². The lowest BCUT2D eigenvalue weighted by molar-refractivity contribution is -0.116. The van der Waals surface area contributed by atoms with Gasteiger partial charge in [-0.15, -0.1) is 0 Å². The van der Waals surface area contributed by atoms with E-state index in [1.54, 1.807) is 0 Å². The molecule has 1 amide bonds. The molecular formula is C20H23ClN2O. The largest absolute Gasteiger partial charge is 0.326 e. The number of halogens is 1. The quantitative estimate of drug-likeness (QED) is 0.846. The summed E-state index contributed by atoms with van der Waals surface area (Å²) >= 11 is 5.87. The van der Waals surface area contributed by atoms with Crippen LogP contribution in [0.1, 0.15) is 36.3 Å². The minimum Gasteiger partial charge on any atom is -0.326 e. The van der Waals surface area contributed by atoms with E-state index in [4.69, 9.17) is 11.6 Å². The smallest absolute Gasteiger partial charge is 0.224 e. The highest BCUT2D eigenvalue weighted by Crippen LogP contribution is 2.24. The monoisotopic (exact) mass is 342 g/mol. The zero-order valence-corrected chi connectivity index (χ0v) is 14.5. The van der Waals surface area contributed by atoms with Crippen LogP contribution >= 0.6 is 11.6 Å². The fraction of sp³-hybridized carbons (Fsp3) is 0.350. The summed E-state index contributed by atoms with van der Waals surface area (Å²) in [6.07, 6.45) is 3.65. The molecule has 1 saturated heterocycles. The molecule has 2 aromatic rings. The van der Waals surface area contributed by atoms with E-state index in [0.29, 0.717) is 12.3 Å². The van der Waals surface area contributed by atoms with Gasteiger partial charge in [-0.2, -0.15) is 0 Å². The van der Waals surface area contributed by atoms with Crippen LogP contribution in [0.4, 0.5) is 5.69 Å². The molecule has 126 valence electrons. The molecule has 0 aliphatic carbocycles. The zero-order valence-electron chi connectivity index (χ0n) is 13.7. The highest BCUT2D eigenvalue weighted by Gasteiger charge is 2.14. The summed E-state index contributed by atoms with van der Waals surface area (Å²) in [5.74, 6) is 0.630. The zero-order chi connectivity index (χ0) is 16.8. The average Bonchev–Trinajstić information content (AvgIpc) is 2.63. The molecule has 2 aromatic carbocycles. The van der Waals surface area contributed by atoms with Gasteiger partial charge in [0.15, 0.2) is 0 Å². The first-order chi connectivity index (χ1) is 11.7. The van der Waals surface area contributed by atoms with Crippen molar-refractivity contribution in [1.29, 1.82) is 0 Å². The topological polar surface area (TPSA) is 41.1 Å². The number of hydrogen-bond acceptors (Lipinski definition) is 2. The van der Waals surface area contributed by atoms with E-state index >= 15 is 0 Å². The van der Waals surface area contributed by atoms with Crippen LogP contribution < -0.4 is 10.6 Å². The Morgan fingerprint density at radius 3 is 2.54 bits per heavy atom. The third kappa shape index (κ3) is 4.83. The molecule has 1 atom stereocenters. The maximum atomic E-state index is 12.1. The summed E-state index contributed by atoms with van der Waals surface area (Å²) in [5, 5.41) is 7.13. The summed E-state index contributed by atoms with van der Waals surface area (Å²) in [7, 11) is 0. The van der Waals surface area contributed by atoms with E-state index in [0.717, 1.165) is 35.8 Å². The van der Waals surface area contributed by atoms with Gasteiger partial charge >= 0.3 is 0 Å². The highest BCUT2D eigenvalue weighted by molar-refractivity contribution is 6.30. The van der Waals surface area contributed by atoms with Crippen molar-refractivity contribution in [3.63, 3.8) is 0 Å². The van der Waals surface area contributed by atoms with Crippen molar-refractivity contribution in [2.24, 2.45) is 0 Å². The number of piperidine rings is 1. The second kappa shape index (κ2) is 8.32. The molecule has 0 saturated carbocycles. The maximum absolute atomic E-state index is 12.1. The Morgan fingerprint density at radius 2 is 1.88 bits per heavy atom. The summed E-state index contributed by atoms with van der Waals surface area (Å²) in [6, 6.07) is 15.9. The van der Waals surface area contributed by atoms with Crippen molar-refractivity contribution < 1.29 is 4.79 Å². The third-order valence-corrected chi connectivity index (χ3v) is 4.77. The molecule has 2 N–H and O–H groups in total. The van der Waals surface area contributed by atoms with Crippen molar-refractivity contribution in [1.82, 2.24) is 5.32 Å². The lowest BCUT2D eigenvalue weighted by atomic mass is 9.92. The summed E-state index contributed by atoms with van der Waals surface area (Å²) in [4.78, 5) is 12.1.